The number of benzene rings is 3. The van der Waals surface area contributed by atoms with Gasteiger partial charge in [0.15, 0.2) is 11.5 Å². The zero-order valence-electron chi connectivity index (χ0n) is 24.4. The number of amides is 1. The highest BCUT2D eigenvalue weighted by molar-refractivity contribution is 5.98. The number of likely N-dealkylation sites (tertiary alicyclic amines) is 1. The van der Waals surface area contributed by atoms with Crippen molar-refractivity contribution in [3.05, 3.63) is 113 Å². The van der Waals surface area contributed by atoms with Crippen LogP contribution in [0.2, 0.25) is 0 Å². The Hall–Kier alpha value is -4.74. The number of nitrogens with zero attached hydrogens (tertiary/aromatic N) is 3. The van der Waals surface area contributed by atoms with Crippen LogP contribution >= 0.6 is 0 Å². The first-order valence-electron chi connectivity index (χ1n) is 14.5. The van der Waals surface area contributed by atoms with E-state index in [4.69, 9.17) is 14.9 Å². The monoisotopic (exact) mass is 616 g/mol. The molecule has 3 heterocycles. The van der Waals surface area contributed by atoms with Gasteiger partial charge in [0, 0.05) is 24.0 Å². The lowest BCUT2D eigenvalue weighted by atomic mass is 9.72. The average molecular weight is 617 g/mol. The van der Waals surface area contributed by atoms with Gasteiger partial charge in [-0.2, -0.15) is 13.2 Å². The van der Waals surface area contributed by atoms with E-state index in [9.17, 15) is 23.1 Å². The highest BCUT2D eigenvalue weighted by Gasteiger charge is 2.42. The van der Waals surface area contributed by atoms with Crippen LogP contribution in [-0.4, -0.2) is 46.1 Å². The molecule has 1 saturated heterocycles. The summed E-state index contributed by atoms with van der Waals surface area (Å²) in [5.74, 6) is -0.192. The van der Waals surface area contributed by atoms with Crippen molar-refractivity contribution in [2.45, 2.75) is 31.2 Å². The minimum absolute atomic E-state index is 0.0170. The van der Waals surface area contributed by atoms with Crippen LogP contribution < -0.4 is 10.5 Å². The van der Waals surface area contributed by atoms with Gasteiger partial charge in [-0.3, -0.25) is 4.79 Å². The van der Waals surface area contributed by atoms with Gasteiger partial charge in [-0.05, 0) is 54.2 Å². The molecular weight excluding hydrogens is 585 g/mol. The van der Waals surface area contributed by atoms with Crippen LogP contribution in [0.15, 0.2) is 89.3 Å². The van der Waals surface area contributed by atoms with Gasteiger partial charge in [-0.15, -0.1) is 0 Å². The molecule has 0 spiro atoms. The van der Waals surface area contributed by atoms with Crippen molar-refractivity contribution in [2.75, 3.05) is 20.2 Å². The first-order chi connectivity index (χ1) is 21.6. The van der Waals surface area contributed by atoms with Crippen molar-refractivity contribution in [3.63, 3.8) is 0 Å². The maximum absolute atomic E-state index is 13.8. The highest BCUT2D eigenvalue weighted by Crippen LogP contribution is 2.42. The van der Waals surface area contributed by atoms with Gasteiger partial charge in [-0.25, -0.2) is 9.97 Å². The van der Waals surface area contributed by atoms with E-state index in [2.05, 4.69) is 9.97 Å². The van der Waals surface area contributed by atoms with Crippen LogP contribution in [0.1, 0.15) is 45.9 Å². The molecule has 0 atom stereocenters. The lowest BCUT2D eigenvalue weighted by Crippen LogP contribution is -2.46. The predicted molar refractivity (Wildman–Crippen MR) is 161 cm³/mol. The lowest BCUT2D eigenvalue weighted by molar-refractivity contribution is -0.140. The minimum atomic E-state index is -4.64. The van der Waals surface area contributed by atoms with Crippen LogP contribution in [0.4, 0.5) is 13.2 Å². The minimum Gasteiger partial charge on any atom is -0.494 e. The molecule has 1 aliphatic heterocycles. The molecule has 3 N–H and O–H groups in total. The summed E-state index contributed by atoms with van der Waals surface area (Å²) in [7, 11) is 1.34. The largest absolute Gasteiger partial charge is 0.494 e. The van der Waals surface area contributed by atoms with Crippen molar-refractivity contribution in [2.24, 2.45) is 11.7 Å². The maximum atomic E-state index is 13.8. The van der Waals surface area contributed by atoms with Gasteiger partial charge in [0.1, 0.15) is 22.6 Å². The first-order valence-corrected chi connectivity index (χ1v) is 14.5. The zero-order valence-corrected chi connectivity index (χ0v) is 24.4. The Morgan fingerprint density at radius 1 is 0.956 bits per heavy atom. The van der Waals surface area contributed by atoms with Crippen molar-refractivity contribution < 1.29 is 32.2 Å². The van der Waals surface area contributed by atoms with E-state index in [0.717, 1.165) is 17.2 Å². The number of oxazole rings is 1. The number of nitrogens with two attached hydrogens (primary N) is 1. The van der Waals surface area contributed by atoms with Gasteiger partial charge < -0.3 is 24.9 Å². The second kappa shape index (κ2) is 12.0. The summed E-state index contributed by atoms with van der Waals surface area (Å²) in [4.78, 5) is 23.7. The molecular formula is C34H31F3N4O4. The number of carbonyl (C=O) groups excluding carboxylic acids is 1. The number of alkyl halides is 3. The van der Waals surface area contributed by atoms with Crippen molar-refractivity contribution in [1.29, 1.82) is 0 Å². The quantitative estimate of drug-likeness (QED) is 0.225. The molecule has 8 nitrogen and oxygen atoms in total. The summed E-state index contributed by atoms with van der Waals surface area (Å²) in [6.45, 7) is 0.622. The summed E-state index contributed by atoms with van der Waals surface area (Å²) in [6.07, 6.45) is -3.58. The number of carbonyl (C=O) groups is 1. The topological polar surface area (TPSA) is 115 Å². The van der Waals surface area contributed by atoms with E-state index in [1.165, 1.54) is 19.2 Å². The van der Waals surface area contributed by atoms with Crippen LogP contribution in [0.3, 0.4) is 0 Å². The number of aromatic nitrogens is 2. The first kappa shape index (κ1) is 30.3. The molecule has 232 valence electrons. The second-order valence-corrected chi connectivity index (χ2v) is 11.0. The molecule has 0 aliphatic carbocycles. The van der Waals surface area contributed by atoms with Crippen LogP contribution in [0.25, 0.3) is 22.4 Å². The lowest BCUT2D eigenvalue weighted by Gasteiger charge is -2.42. The fraction of sp³-hybridized carbons (Fsp3) is 0.265. The summed E-state index contributed by atoms with van der Waals surface area (Å²) < 4.78 is 51.4. The number of halogens is 3. The zero-order chi connectivity index (χ0) is 31.8. The Balaban J connectivity index is 1.28. The van der Waals surface area contributed by atoms with Crippen LogP contribution in [0, 0.1) is 5.92 Å². The Bertz CT molecular complexity index is 1780. The second-order valence-electron chi connectivity index (χ2n) is 11.0. The van der Waals surface area contributed by atoms with Gasteiger partial charge in [0.25, 0.3) is 5.91 Å². The van der Waals surface area contributed by atoms with Crippen molar-refractivity contribution in [1.82, 2.24) is 14.9 Å². The number of hydrogen-bond acceptors (Lipinski definition) is 7. The summed E-state index contributed by atoms with van der Waals surface area (Å²) in [5.41, 5.74) is 5.59. The molecule has 2 aromatic heterocycles. The fourth-order valence-corrected chi connectivity index (χ4v) is 6.15. The van der Waals surface area contributed by atoms with Crippen molar-refractivity contribution >= 4 is 16.8 Å². The molecule has 6 rings (SSSR count). The predicted octanol–water partition coefficient (Wildman–Crippen LogP) is 6.16. The van der Waals surface area contributed by atoms with Gasteiger partial charge in [0.05, 0.1) is 13.7 Å². The van der Waals surface area contributed by atoms with Crippen molar-refractivity contribution in [3.8, 4) is 17.2 Å². The van der Waals surface area contributed by atoms with E-state index in [0.29, 0.717) is 36.9 Å². The van der Waals surface area contributed by atoms with E-state index < -0.39 is 17.5 Å². The number of pyridine rings is 1. The molecule has 0 unspecified atom stereocenters. The van der Waals surface area contributed by atoms with Gasteiger partial charge >= 0.3 is 6.18 Å². The molecule has 11 heteroatoms. The SMILES string of the molecule is COc1ccc(-c2nc(C(=O)N3CCC(C(O)(c4ccccc4)c4ccccc4)CC3)c(CN)o2)c2ccc(C(F)(F)F)nc12. The summed E-state index contributed by atoms with van der Waals surface area (Å²) >= 11 is 0. The maximum Gasteiger partial charge on any atom is 0.433 e. The molecule has 1 fully saturated rings. The molecule has 0 bridgehead atoms. The number of rotatable bonds is 7. The van der Waals surface area contributed by atoms with Gasteiger partial charge in [-0.1, -0.05) is 60.7 Å². The molecule has 45 heavy (non-hydrogen) atoms. The summed E-state index contributed by atoms with van der Waals surface area (Å²) in [6, 6.07) is 24.3. The third-order valence-electron chi connectivity index (χ3n) is 8.45. The molecule has 0 radical (unpaired) electrons. The standard InChI is InChI=1S/C34H31F3N4O4/c1-44-26-14-12-25(24-13-15-28(34(35,36)37)39-29(24)26)31-40-30(27(20-38)45-31)32(42)41-18-16-23(17-19-41)33(43,21-8-4-2-5-9-21)22-10-6-3-7-11-22/h2-15,23,43H,16-20,38H2,1H3. The third-order valence-corrected chi connectivity index (χ3v) is 8.45. The van der Waals surface area contributed by atoms with E-state index >= 15 is 0 Å². The average Bonchev–Trinajstić information content (AvgIpc) is 3.51. The Morgan fingerprint density at radius 2 is 1.58 bits per heavy atom. The number of hydrogen-bond donors (Lipinski definition) is 2. The molecule has 1 amide bonds. The third kappa shape index (κ3) is 5.53. The smallest absolute Gasteiger partial charge is 0.433 e. The molecule has 5 aromatic rings. The molecule has 1 aliphatic rings. The Labute approximate surface area is 257 Å². The number of piperidine rings is 1. The number of aliphatic hydroxyl groups is 1. The Kier molecular flexibility index (Phi) is 8.07. The normalized spacial score (nSPS) is 14.6. The Morgan fingerprint density at radius 3 is 2.13 bits per heavy atom. The fourth-order valence-electron chi connectivity index (χ4n) is 6.15. The van der Waals surface area contributed by atoms with E-state index in [1.807, 2.05) is 60.7 Å². The number of fused-ring (bicyclic) bond motifs is 1. The molecule has 0 saturated carbocycles. The summed E-state index contributed by atoms with van der Waals surface area (Å²) in [5, 5.41) is 12.5. The number of ether oxygens (including phenoxy) is 1. The number of methoxy groups -OCH3 is 1. The van der Waals surface area contributed by atoms with Crippen LogP contribution in [0.5, 0.6) is 5.75 Å². The molecule has 3 aromatic carbocycles. The highest BCUT2D eigenvalue weighted by atomic mass is 19.4. The van der Waals surface area contributed by atoms with E-state index in [-0.39, 0.29) is 47.0 Å². The van der Waals surface area contributed by atoms with E-state index in [1.54, 1.807) is 11.0 Å². The van der Waals surface area contributed by atoms with Crippen LogP contribution in [-0.2, 0) is 18.3 Å². The van der Waals surface area contributed by atoms with Gasteiger partial charge in [0.2, 0.25) is 5.89 Å².